The number of anilines is 1. The van der Waals surface area contributed by atoms with Crippen molar-refractivity contribution in [1.82, 2.24) is 9.88 Å². The van der Waals surface area contributed by atoms with Gasteiger partial charge in [0.15, 0.2) is 5.13 Å². The number of amides is 1. The number of aromatic nitrogens is 1. The lowest BCUT2D eigenvalue weighted by Gasteiger charge is -2.27. The number of rotatable bonds is 4. The lowest BCUT2D eigenvalue weighted by atomic mass is 10.1. The van der Waals surface area contributed by atoms with Crippen molar-refractivity contribution in [2.75, 3.05) is 18.4 Å². The van der Waals surface area contributed by atoms with Gasteiger partial charge < -0.3 is 10.2 Å². The second-order valence-corrected chi connectivity index (χ2v) is 7.55. The summed E-state index contributed by atoms with van der Waals surface area (Å²) >= 11 is 3.32. The van der Waals surface area contributed by atoms with E-state index in [1.165, 1.54) is 21.8 Å². The van der Waals surface area contributed by atoms with E-state index >= 15 is 0 Å². The van der Waals surface area contributed by atoms with Crippen molar-refractivity contribution >= 4 is 33.7 Å². The molecule has 2 aromatic heterocycles. The fraction of sp³-hybridized carbons (Fsp3) is 0.222. The molecule has 0 atom stereocenters. The molecule has 1 amide bonds. The van der Waals surface area contributed by atoms with Gasteiger partial charge in [-0.15, -0.1) is 22.7 Å². The van der Waals surface area contributed by atoms with Gasteiger partial charge in [0.1, 0.15) is 0 Å². The molecular weight excluding hydrogens is 338 g/mol. The van der Waals surface area contributed by atoms with Crippen molar-refractivity contribution in [2.45, 2.75) is 13.0 Å². The van der Waals surface area contributed by atoms with Gasteiger partial charge in [0, 0.05) is 28.9 Å². The fourth-order valence-corrected chi connectivity index (χ4v) is 4.43. The maximum Gasteiger partial charge on any atom is 0.242 e. The van der Waals surface area contributed by atoms with Crippen LogP contribution in [0.2, 0.25) is 0 Å². The van der Waals surface area contributed by atoms with Crippen molar-refractivity contribution in [3.8, 4) is 11.3 Å². The van der Waals surface area contributed by atoms with E-state index in [9.17, 15) is 4.79 Å². The zero-order valence-corrected chi connectivity index (χ0v) is 14.7. The molecule has 0 unspecified atom stereocenters. The normalized spacial score (nSPS) is 13.6. The minimum Gasteiger partial charge on any atom is -0.352 e. The molecule has 122 valence electrons. The number of fused-ring (bicyclic) bond motifs is 1. The van der Waals surface area contributed by atoms with Crippen LogP contribution in [0.4, 0.5) is 5.13 Å². The van der Waals surface area contributed by atoms with E-state index in [1.807, 2.05) is 40.6 Å². The molecule has 0 aliphatic carbocycles. The van der Waals surface area contributed by atoms with Gasteiger partial charge in [-0.3, -0.25) is 4.79 Å². The fourth-order valence-electron chi connectivity index (χ4n) is 2.82. The Morgan fingerprint density at radius 3 is 2.96 bits per heavy atom. The van der Waals surface area contributed by atoms with Crippen LogP contribution in [0.25, 0.3) is 11.3 Å². The Hall–Kier alpha value is -2.18. The third kappa shape index (κ3) is 3.20. The highest BCUT2D eigenvalue weighted by Crippen LogP contribution is 2.25. The summed E-state index contributed by atoms with van der Waals surface area (Å²) in [5, 5.41) is 8.08. The molecule has 0 saturated heterocycles. The number of carbonyl (C=O) groups excluding carboxylic acids is 1. The highest BCUT2D eigenvalue weighted by molar-refractivity contribution is 7.14. The standard InChI is InChI=1S/C18H17N3OS2/c22-17(21-8-6-16-14(11-21)7-9-23-16)10-19-18-20-15(12-24-18)13-4-2-1-3-5-13/h1-5,7,9,12H,6,8,10-11H2,(H,19,20). The van der Waals surface area contributed by atoms with Gasteiger partial charge in [0.05, 0.1) is 12.2 Å². The summed E-state index contributed by atoms with van der Waals surface area (Å²) in [5.74, 6) is 0.128. The van der Waals surface area contributed by atoms with Gasteiger partial charge >= 0.3 is 0 Å². The predicted octanol–water partition coefficient (Wildman–Crippen LogP) is 3.87. The number of hydrogen-bond donors (Lipinski definition) is 1. The second-order valence-electron chi connectivity index (χ2n) is 5.69. The Kier molecular flexibility index (Phi) is 4.32. The molecule has 1 aliphatic rings. The first-order valence-corrected chi connectivity index (χ1v) is 9.63. The Bertz CT molecular complexity index is 841. The van der Waals surface area contributed by atoms with Crippen LogP contribution in [0.3, 0.4) is 0 Å². The van der Waals surface area contributed by atoms with Crippen molar-refractivity contribution in [3.05, 3.63) is 57.6 Å². The molecule has 4 nitrogen and oxygen atoms in total. The topological polar surface area (TPSA) is 45.2 Å². The number of nitrogens with one attached hydrogen (secondary N) is 1. The van der Waals surface area contributed by atoms with Crippen molar-refractivity contribution in [3.63, 3.8) is 0 Å². The van der Waals surface area contributed by atoms with Crippen LogP contribution in [0.5, 0.6) is 0 Å². The average molecular weight is 355 g/mol. The molecule has 0 spiro atoms. The summed E-state index contributed by atoms with van der Waals surface area (Å²) in [6.07, 6.45) is 0.966. The molecule has 3 aromatic rings. The largest absolute Gasteiger partial charge is 0.352 e. The number of carbonyl (C=O) groups is 1. The molecule has 1 aromatic carbocycles. The summed E-state index contributed by atoms with van der Waals surface area (Å²) in [7, 11) is 0. The quantitative estimate of drug-likeness (QED) is 0.773. The first-order chi connectivity index (χ1) is 11.8. The van der Waals surface area contributed by atoms with Gasteiger partial charge in [0.2, 0.25) is 5.91 Å². The highest BCUT2D eigenvalue weighted by atomic mass is 32.1. The van der Waals surface area contributed by atoms with Crippen molar-refractivity contribution in [1.29, 1.82) is 0 Å². The van der Waals surface area contributed by atoms with Crippen molar-refractivity contribution < 1.29 is 4.79 Å². The molecule has 3 heterocycles. The van der Waals surface area contributed by atoms with E-state index in [-0.39, 0.29) is 5.91 Å². The minimum absolute atomic E-state index is 0.128. The molecule has 1 aliphatic heterocycles. The summed E-state index contributed by atoms with van der Waals surface area (Å²) in [4.78, 5) is 20.3. The molecule has 0 saturated carbocycles. The molecule has 0 fully saturated rings. The van der Waals surface area contributed by atoms with E-state index in [2.05, 4.69) is 21.7 Å². The van der Waals surface area contributed by atoms with E-state index in [1.54, 1.807) is 11.3 Å². The molecular formula is C18H17N3OS2. The van der Waals surface area contributed by atoms with Gasteiger partial charge in [-0.1, -0.05) is 30.3 Å². The van der Waals surface area contributed by atoms with Crippen molar-refractivity contribution in [2.24, 2.45) is 0 Å². The molecule has 6 heteroatoms. The van der Waals surface area contributed by atoms with Crippen LogP contribution in [0.1, 0.15) is 10.4 Å². The van der Waals surface area contributed by atoms with E-state index in [4.69, 9.17) is 0 Å². The van der Waals surface area contributed by atoms with E-state index in [0.717, 1.165) is 35.9 Å². The van der Waals surface area contributed by atoms with E-state index < -0.39 is 0 Å². The number of nitrogens with zero attached hydrogens (tertiary/aromatic N) is 2. The number of thiophene rings is 1. The van der Waals surface area contributed by atoms with Crippen LogP contribution in [0, 0.1) is 0 Å². The van der Waals surface area contributed by atoms with Crippen LogP contribution < -0.4 is 5.32 Å². The summed E-state index contributed by atoms with van der Waals surface area (Å²) in [5.41, 5.74) is 3.32. The third-order valence-corrected chi connectivity index (χ3v) is 5.95. The Morgan fingerprint density at radius 2 is 2.08 bits per heavy atom. The summed E-state index contributed by atoms with van der Waals surface area (Å²) in [6, 6.07) is 12.2. The Balaban J connectivity index is 1.36. The third-order valence-electron chi connectivity index (χ3n) is 4.12. The van der Waals surface area contributed by atoms with Crippen LogP contribution in [0.15, 0.2) is 47.2 Å². The lowest BCUT2D eigenvalue weighted by Crippen LogP contribution is -2.38. The SMILES string of the molecule is O=C(CNc1nc(-c2ccccc2)cs1)N1CCc2sccc2C1. The van der Waals surface area contributed by atoms with Gasteiger partial charge in [-0.25, -0.2) is 4.98 Å². The maximum atomic E-state index is 12.4. The van der Waals surface area contributed by atoms with E-state index in [0.29, 0.717) is 6.54 Å². The second kappa shape index (κ2) is 6.75. The maximum absolute atomic E-state index is 12.4. The zero-order chi connectivity index (χ0) is 16.4. The first kappa shape index (κ1) is 15.4. The monoisotopic (exact) mass is 355 g/mol. The molecule has 0 bridgehead atoms. The predicted molar refractivity (Wildman–Crippen MR) is 99.5 cm³/mol. The number of hydrogen-bond acceptors (Lipinski definition) is 5. The smallest absolute Gasteiger partial charge is 0.242 e. The van der Waals surface area contributed by atoms with Crippen LogP contribution in [-0.2, 0) is 17.8 Å². The van der Waals surface area contributed by atoms with Crippen LogP contribution >= 0.6 is 22.7 Å². The Labute approximate surface area is 148 Å². The molecule has 24 heavy (non-hydrogen) atoms. The minimum atomic E-state index is 0.128. The average Bonchev–Trinajstić information content (AvgIpc) is 3.29. The first-order valence-electron chi connectivity index (χ1n) is 7.87. The summed E-state index contributed by atoms with van der Waals surface area (Å²) < 4.78 is 0. The molecule has 0 radical (unpaired) electrons. The number of thiazole rings is 1. The van der Waals surface area contributed by atoms with Gasteiger partial charge in [-0.2, -0.15) is 0 Å². The van der Waals surface area contributed by atoms with Gasteiger partial charge in [-0.05, 0) is 23.4 Å². The summed E-state index contributed by atoms with van der Waals surface area (Å²) in [6.45, 7) is 1.83. The Morgan fingerprint density at radius 1 is 1.21 bits per heavy atom. The molecule has 4 rings (SSSR count). The highest BCUT2D eigenvalue weighted by Gasteiger charge is 2.21. The molecule has 1 N–H and O–H groups in total. The number of benzene rings is 1. The zero-order valence-electron chi connectivity index (χ0n) is 13.1. The van der Waals surface area contributed by atoms with Crippen LogP contribution in [-0.4, -0.2) is 28.9 Å². The lowest BCUT2D eigenvalue weighted by molar-refractivity contribution is -0.130. The van der Waals surface area contributed by atoms with Gasteiger partial charge in [0.25, 0.3) is 0 Å².